The first-order chi connectivity index (χ1) is 23.6. The zero-order valence-electron chi connectivity index (χ0n) is 29.0. The van der Waals surface area contributed by atoms with E-state index in [0.29, 0.717) is 12.1 Å². The number of aliphatic hydroxyl groups is 1. The number of esters is 1. The van der Waals surface area contributed by atoms with Gasteiger partial charge in [-0.1, -0.05) is 85.3 Å². The van der Waals surface area contributed by atoms with Gasteiger partial charge in [0.1, 0.15) is 6.10 Å². The fourth-order valence-electron chi connectivity index (χ4n) is 6.35. The fourth-order valence-corrected chi connectivity index (χ4v) is 6.35. The van der Waals surface area contributed by atoms with Crippen LogP contribution < -0.4 is 5.32 Å². The molecule has 0 bridgehead atoms. The molecule has 260 valence electrons. The van der Waals surface area contributed by atoms with E-state index in [9.17, 15) is 14.7 Å². The van der Waals surface area contributed by atoms with Gasteiger partial charge in [0.05, 0.1) is 24.4 Å². The molecule has 1 fully saturated rings. The van der Waals surface area contributed by atoms with E-state index in [2.05, 4.69) is 55.6 Å². The number of ether oxygens (including phenoxy) is 4. The monoisotopic (exact) mass is 667 g/mol. The molecular formula is C41H49NO7. The Bertz CT molecular complexity index is 1680. The highest BCUT2D eigenvalue weighted by Crippen LogP contribution is 2.30. The van der Waals surface area contributed by atoms with Crippen molar-refractivity contribution in [1.82, 2.24) is 5.32 Å². The summed E-state index contributed by atoms with van der Waals surface area (Å²) in [6.07, 6.45) is 2.69. The van der Waals surface area contributed by atoms with Gasteiger partial charge >= 0.3 is 12.1 Å². The number of hydrogen-bond acceptors (Lipinski definition) is 8. The molecule has 49 heavy (non-hydrogen) atoms. The summed E-state index contributed by atoms with van der Waals surface area (Å²) in [5, 5.41) is 16.8. The molecule has 0 saturated heterocycles. The predicted octanol–water partition coefficient (Wildman–Crippen LogP) is 8.54. The van der Waals surface area contributed by atoms with E-state index in [1.807, 2.05) is 49.4 Å². The van der Waals surface area contributed by atoms with Crippen LogP contribution in [0.4, 0.5) is 4.79 Å². The van der Waals surface area contributed by atoms with Crippen molar-refractivity contribution >= 4 is 22.9 Å². The van der Waals surface area contributed by atoms with Crippen LogP contribution in [0.15, 0.2) is 91.0 Å². The summed E-state index contributed by atoms with van der Waals surface area (Å²) >= 11 is 0. The summed E-state index contributed by atoms with van der Waals surface area (Å²) in [4.78, 5) is 24.9. The molecule has 0 spiro atoms. The molecule has 0 radical (unpaired) electrons. The van der Waals surface area contributed by atoms with Crippen molar-refractivity contribution in [3.05, 3.63) is 108 Å². The molecule has 1 aliphatic carbocycles. The Hall–Kier alpha value is -4.24. The lowest BCUT2D eigenvalue weighted by Gasteiger charge is -2.28. The van der Waals surface area contributed by atoms with Gasteiger partial charge in [-0.15, -0.1) is 0 Å². The highest BCUT2D eigenvalue weighted by molar-refractivity contribution is 5.90. The van der Waals surface area contributed by atoms with Crippen molar-refractivity contribution in [3.63, 3.8) is 0 Å². The third kappa shape index (κ3) is 10.6. The van der Waals surface area contributed by atoms with E-state index < -0.39 is 24.5 Å². The standard InChI is InChI=1S/C41H49NO7/c1-28(46-27-35(43)26-42-41(3,4)25-30-18-19-31-12-8-9-13-34(31)24-30)37-16-10-11-17-38(37)32-20-22-33(23-21-32)39(44)47-29(2)48-40(45)49-36-14-6-5-7-15-36/h8-13,16-24,28-29,35-36,42-43H,5-7,14-15,25-27H2,1-4H3. The van der Waals surface area contributed by atoms with Gasteiger partial charge < -0.3 is 29.4 Å². The van der Waals surface area contributed by atoms with Gasteiger partial charge in [-0.25, -0.2) is 9.59 Å². The van der Waals surface area contributed by atoms with Gasteiger partial charge in [-0.05, 0) is 98.0 Å². The molecular weight excluding hydrogens is 618 g/mol. The van der Waals surface area contributed by atoms with Crippen LogP contribution in [-0.2, 0) is 25.4 Å². The van der Waals surface area contributed by atoms with Crippen molar-refractivity contribution in [1.29, 1.82) is 0 Å². The summed E-state index contributed by atoms with van der Waals surface area (Å²) in [7, 11) is 0. The number of carbonyl (C=O) groups excluding carboxylic acids is 2. The Morgan fingerprint density at radius 2 is 1.55 bits per heavy atom. The van der Waals surface area contributed by atoms with Gasteiger partial charge in [0.25, 0.3) is 0 Å². The zero-order chi connectivity index (χ0) is 34.8. The molecule has 8 nitrogen and oxygen atoms in total. The number of nitrogens with one attached hydrogen (secondary N) is 1. The van der Waals surface area contributed by atoms with Crippen LogP contribution in [0.1, 0.15) is 87.4 Å². The Kier molecular flexibility index (Phi) is 12.5. The van der Waals surface area contributed by atoms with Gasteiger partial charge in [-0.3, -0.25) is 0 Å². The molecule has 0 amide bonds. The summed E-state index contributed by atoms with van der Waals surface area (Å²) in [6.45, 7) is 8.32. The van der Waals surface area contributed by atoms with E-state index in [0.717, 1.165) is 55.2 Å². The number of rotatable bonds is 14. The van der Waals surface area contributed by atoms with Crippen molar-refractivity contribution in [2.75, 3.05) is 13.2 Å². The normalized spacial score (nSPS) is 15.7. The van der Waals surface area contributed by atoms with Crippen molar-refractivity contribution in [2.24, 2.45) is 0 Å². The van der Waals surface area contributed by atoms with Gasteiger partial charge in [0, 0.05) is 19.0 Å². The topological polar surface area (TPSA) is 103 Å². The zero-order valence-corrected chi connectivity index (χ0v) is 29.0. The van der Waals surface area contributed by atoms with Crippen LogP contribution in [0.25, 0.3) is 21.9 Å². The van der Waals surface area contributed by atoms with Crippen LogP contribution in [0.3, 0.4) is 0 Å². The van der Waals surface area contributed by atoms with Gasteiger partial charge in [0.15, 0.2) is 0 Å². The summed E-state index contributed by atoms with van der Waals surface area (Å²) in [5.41, 5.74) is 4.19. The lowest BCUT2D eigenvalue weighted by atomic mass is 9.93. The molecule has 4 aromatic carbocycles. The molecule has 3 unspecified atom stereocenters. The second kappa shape index (κ2) is 16.9. The maximum atomic E-state index is 12.7. The Labute approximate surface area is 289 Å². The molecule has 0 aromatic heterocycles. The molecule has 2 N–H and O–H groups in total. The molecule has 0 heterocycles. The van der Waals surface area contributed by atoms with E-state index >= 15 is 0 Å². The lowest BCUT2D eigenvalue weighted by molar-refractivity contribution is -0.0914. The van der Waals surface area contributed by atoms with Crippen LogP contribution in [0.2, 0.25) is 0 Å². The number of β-amino-alcohol motifs (C(OH)–C–C–N with tert-alkyl or cyclic N) is 1. The van der Waals surface area contributed by atoms with Crippen molar-refractivity contribution in [3.8, 4) is 11.1 Å². The van der Waals surface area contributed by atoms with Crippen LogP contribution in [-0.4, -0.2) is 54.4 Å². The maximum absolute atomic E-state index is 12.7. The van der Waals surface area contributed by atoms with Gasteiger partial charge in [0.2, 0.25) is 6.29 Å². The Morgan fingerprint density at radius 3 is 2.31 bits per heavy atom. The second-order valence-corrected chi connectivity index (χ2v) is 13.6. The molecule has 1 saturated carbocycles. The molecule has 8 heteroatoms. The smallest absolute Gasteiger partial charge is 0.431 e. The van der Waals surface area contributed by atoms with Gasteiger partial charge in [-0.2, -0.15) is 0 Å². The minimum atomic E-state index is -1.08. The predicted molar refractivity (Wildman–Crippen MR) is 191 cm³/mol. The molecule has 4 aromatic rings. The second-order valence-electron chi connectivity index (χ2n) is 13.6. The molecule has 3 atom stereocenters. The SMILES string of the molecule is CC(OC(=O)OC1CCCCC1)OC(=O)c1ccc(-c2ccccc2C(C)OCC(O)CNC(C)(C)Cc2ccc3ccccc3c2)cc1. The van der Waals surface area contributed by atoms with Crippen LogP contribution in [0.5, 0.6) is 0 Å². The van der Waals surface area contributed by atoms with Crippen LogP contribution in [0, 0.1) is 0 Å². The summed E-state index contributed by atoms with van der Waals surface area (Å²) in [5.74, 6) is -0.599. The highest BCUT2D eigenvalue weighted by atomic mass is 16.8. The average molecular weight is 668 g/mol. The van der Waals surface area contributed by atoms with E-state index in [1.54, 1.807) is 12.1 Å². The minimum absolute atomic E-state index is 0.140. The third-order valence-electron chi connectivity index (χ3n) is 9.00. The summed E-state index contributed by atoms with van der Waals surface area (Å²) < 4.78 is 22.0. The Morgan fingerprint density at radius 1 is 0.857 bits per heavy atom. The average Bonchev–Trinajstić information content (AvgIpc) is 3.10. The van der Waals surface area contributed by atoms with Crippen molar-refractivity contribution < 1.29 is 33.6 Å². The fraction of sp³-hybridized carbons (Fsp3) is 0.415. The first kappa shape index (κ1) is 36.1. The Balaban J connectivity index is 1.10. The molecule has 0 aliphatic heterocycles. The maximum Gasteiger partial charge on any atom is 0.511 e. The number of hydrogen-bond donors (Lipinski definition) is 2. The van der Waals surface area contributed by atoms with E-state index in [1.165, 1.54) is 23.3 Å². The number of benzene rings is 4. The number of carbonyl (C=O) groups is 2. The third-order valence-corrected chi connectivity index (χ3v) is 9.00. The lowest BCUT2D eigenvalue weighted by Crippen LogP contribution is -2.46. The molecule has 1 aliphatic rings. The van der Waals surface area contributed by atoms with Crippen LogP contribution >= 0.6 is 0 Å². The molecule has 5 rings (SSSR count). The highest BCUT2D eigenvalue weighted by Gasteiger charge is 2.23. The first-order valence-electron chi connectivity index (χ1n) is 17.4. The van der Waals surface area contributed by atoms with E-state index in [4.69, 9.17) is 18.9 Å². The van der Waals surface area contributed by atoms with Crippen molar-refractivity contribution in [2.45, 2.75) is 96.4 Å². The number of aliphatic hydroxyl groups excluding tert-OH is 1. The number of fused-ring (bicyclic) bond motifs is 1. The first-order valence-corrected chi connectivity index (χ1v) is 17.4. The minimum Gasteiger partial charge on any atom is -0.431 e. The quantitative estimate of drug-likeness (QED) is 0.102. The largest absolute Gasteiger partial charge is 0.511 e. The summed E-state index contributed by atoms with van der Waals surface area (Å²) in [6, 6.07) is 29.9. The van der Waals surface area contributed by atoms with E-state index in [-0.39, 0.29) is 24.4 Å².